The van der Waals surface area contributed by atoms with Crippen LogP contribution in [0.1, 0.15) is 53.6 Å². The van der Waals surface area contributed by atoms with Gasteiger partial charge >= 0.3 is 0 Å². The van der Waals surface area contributed by atoms with Crippen molar-refractivity contribution in [2.75, 3.05) is 12.4 Å². The number of carbonyl (C=O) groups excluding carboxylic acids is 1. The van der Waals surface area contributed by atoms with Crippen molar-refractivity contribution in [3.63, 3.8) is 0 Å². The molecule has 1 unspecified atom stereocenters. The quantitative estimate of drug-likeness (QED) is 0.648. The fraction of sp³-hybridized carbons (Fsp3) is 0.429. The van der Waals surface area contributed by atoms with Gasteiger partial charge in [0.25, 0.3) is 5.91 Å². The third-order valence-electron chi connectivity index (χ3n) is 5.24. The van der Waals surface area contributed by atoms with E-state index in [9.17, 15) is 10.1 Å². The van der Waals surface area contributed by atoms with Crippen LogP contribution in [0.2, 0.25) is 0 Å². The predicted octanol–water partition coefficient (Wildman–Crippen LogP) is 5.79. The number of carbonyl (C=O) groups is 1. The van der Waals surface area contributed by atoms with Crippen LogP contribution in [0, 0.1) is 22.7 Å². The van der Waals surface area contributed by atoms with E-state index in [1.807, 2.05) is 6.07 Å². The van der Waals surface area contributed by atoms with Gasteiger partial charge in [-0.2, -0.15) is 5.26 Å². The largest absolute Gasteiger partial charge is 0.496 e. The topological polar surface area (TPSA) is 62.1 Å². The number of fused-ring (bicyclic) bond motifs is 1. The number of methoxy groups -OCH3 is 1. The van der Waals surface area contributed by atoms with Crippen molar-refractivity contribution < 1.29 is 9.53 Å². The molecule has 1 N–H and O–H groups in total. The first-order valence-corrected chi connectivity index (χ1v) is 10.5. The van der Waals surface area contributed by atoms with Crippen molar-refractivity contribution in [2.45, 2.75) is 40.0 Å². The maximum absolute atomic E-state index is 12.8. The summed E-state index contributed by atoms with van der Waals surface area (Å²) in [6.07, 6.45) is 2.94. The molecule has 0 saturated carbocycles. The Morgan fingerprint density at radius 1 is 1.41 bits per heavy atom. The number of nitrogens with zero attached hydrogens (tertiary/aromatic N) is 1. The Kier molecular flexibility index (Phi) is 5.64. The van der Waals surface area contributed by atoms with Crippen molar-refractivity contribution >= 4 is 38.2 Å². The van der Waals surface area contributed by atoms with E-state index in [4.69, 9.17) is 4.74 Å². The summed E-state index contributed by atoms with van der Waals surface area (Å²) in [6, 6.07) is 7.61. The van der Waals surface area contributed by atoms with Gasteiger partial charge in [-0.3, -0.25) is 4.79 Å². The van der Waals surface area contributed by atoms with Gasteiger partial charge in [-0.1, -0.05) is 36.7 Å². The zero-order valence-corrected chi connectivity index (χ0v) is 18.4. The molecular formula is C21H23BrN2O2S. The van der Waals surface area contributed by atoms with Crippen LogP contribution in [0.3, 0.4) is 0 Å². The smallest absolute Gasteiger partial charge is 0.260 e. The van der Waals surface area contributed by atoms with E-state index < -0.39 is 0 Å². The molecule has 6 heteroatoms. The molecule has 1 aliphatic rings. The van der Waals surface area contributed by atoms with Gasteiger partial charge in [0.2, 0.25) is 0 Å². The summed E-state index contributed by atoms with van der Waals surface area (Å²) in [5.41, 5.74) is 2.40. The summed E-state index contributed by atoms with van der Waals surface area (Å²) < 4.78 is 6.10. The number of hydrogen-bond acceptors (Lipinski definition) is 4. The lowest BCUT2D eigenvalue weighted by Gasteiger charge is -2.33. The summed E-state index contributed by atoms with van der Waals surface area (Å²) in [6.45, 7) is 6.80. The molecule has 1 aliphatic carbocycles. The normalized spacial score (nSPS) is 16.4. The summed E-state index contributed by atoms with van der Waals surface area (Å²) in [5, 5.41) is 13.3. The van der Waals surface area contributed by atoms with E-state index in [-0.39, 0.29) is 11.3 Å². The first-order valence-electron chi connectivity index (χ1n) is 8.94. The van der Waals surface area contributed by atoms with Gasteiger partial charge in [-0.15, -0.1) is 11.3 Å². The van der Waals surface area contributed by atoms with Crippen LogP contribution >= 0.6 is 27.3 Å². The van der Waals surface area contributed by atoms with E-state index in [1.54, 1.807) is 23.5 Å². The van der Waals surface area contributed by atoms with Crippen molar-refractivity contribution in [1.82, 2.24) is 0 Å². The highest BCUT2D eigenvalue weighted by atomic mass is 79.9. The molecule has 3 rings (SSSR count). The van der Waals surface area contributed by atoms with Crippen molar-refractivity contribution in [3.05, 3.63) is 44.2 Å². The third kappa shape index (κ3) is 4.04. The zero-order chi connectivity index (χ0) is 19.8. The maximum atomic E-state index is 12.8. The van der Waals surface area contributed by atoms with Gasteiger partial charge in [0, 0.05) is 9.35 Å². The second-order valence-corrected chi connectivity index (χ2v) is 9.95. The molecule has 27 heavy (non-hydrogen) atoms. The molecular weight excluding hydrogens is 424 g/mol. The molecule has 0 spiro atoms. The molecule has 1 heterocycles. The second kappa shape index (κ2) is 7.65. The van der Waals surface area contributed by atoms with E-state index >= 15 is 0 Å². The first-order chi connectivity index (χ1) is 12.7. The number of nitrogens with one attached hydrogen (secondary N) is 1. The van der Waals surface area contributed by atoms with E-state index in [1.165, 1.54) is 12.0 Å². The Balaban J connectivity index is 1.91. The molecule has 1 aromatic heterocycles. The van der Waals surface area contributed by atoms with Gasteiger partial charge in [0.1, 0.15) is 16.8 Å². The van der Waals surface area contributed by atoms with Gasteiger partial charge in [0.15, 0.2) is 0 Å². The molecule has 1 atom stereocenters. The maximum Gasteiger partial charge on any atom is 0.260 e. The fourth-order valence-electron chi connectivity index (χ4n) is 3.56. The molecule has 2 aromatic rings. The molecule has 0 saturated heterocycles. The van der Waals surface area contributed by atoms with Crippen LogP contribution in [0.5, 0.6) is 5.75 Å². The highest BCUT2D eigenvalue weighted by Gasteiger charge is 2.32. The minimum atomic E-state index is -0.268. The molecule has 0 radical (unpaired) electrons. The van der Waals surface area contributed by atoms with Crippen LogP contribution in [-0.4, -0.2) is 13.0 Å². The highest BCUT2D eigenvalue weighted by molar-refractivity contribution is 9.10. The van der Waals surface area contributed by atoms with Gasteiger partial charge < -0.3 is 10.1 Å². The average molecular weight is 447 g/mol. The van der Waals surface area contributed by atoms with Crippen LogP contribution in [0.15, 0.2) is 22.7 Å². The Morgan fingerprint density at radius 3 is 2.78 bits per heavy atom. The van der Waals surface area contributed by atoms with Crippen molar-refractivity contribution in [1.29, 1.82) is 5.26 Å². The monoisotopic (exact) mass is 446 g/mol. The first kappa shape index (κ1) is 19.9. The van der Waals surface area contributed by atoms with Crippen LogP contribution in [-0.2, 0) is 12.8 Å². The van der Waals surface area contributed by atoms with Crippen LogP contribution < -0.4 is 10.1 Å². The number of halogens is 1. The Bertz CT molecular complexity index is 921. The molecule has 4 nitrogen and oxygen atoms in total. The highest BCUT2D eigenvalue weighted by Crippen LogP contribution is 2.44. The molecule has 0 aliphatic heterocycles. The van der Waals surface area contributed by atoms with Crippen LogP contribution in [0.25, 0.3) is 0 Å². The number of benzene rings is 1. The number of amides is 1. The number of thiophene rings is 1. The molecule has 1 aromatic carbocycles. The zero-order valence-electron chi connectivity index (χ0n) is 16.0. The standard InChI is InChI=1S/C21H23BrN2O2S/c1-21(2,3)12-5-7-14-16(11-23)20(27-18(14)9-12)24-19(25)15-10-13(22)6-8-17(15)26-4/h6,8,10,12H,5,7,9H2,1-4H3,(H,24,25). The predicted molar refractivity (Wildman–Crippen MR) is 113 cm³/mol. The van der Waals surface area contributed by atoms with E-state index in [0.717, 1.165) is 29.3 Å². The summed E-state index contributed by atoms with van der Waals surface area (Å²) in [5.74, 6) is 0.822. The van der Waals surface area contributed by atoms with Gasteiger partial charge in [0.05, 0.1) is 18.2 Å². The molecule has 142 valence electrons. The van der Waals surface area contributed by atoms with E-state index in [0.29, 0.717) is 27.8 Å². The SMILES string of the molecule is COc1ccc(Br)cc1C(=O)Nc1sc2c(c1C#N)CCC(C(C)(C)C)C2. The molecule has 1 amide bonds. The van der Waals surface area contributed by atoms with E-state index in [2.05, 4.69) is 48.1 Å². The Labute approximate surface area is 172 Å². The van der Waals surface area contributed by atoms with Crippen LogP contribution in [0.4, 0.5) is 5.00 Å². The second-order valence-electron chi connectivity index (χ2n) is 7.92. The van der Waals surface area contributed by atoms with Gasteiger partial charge in [-0.05, 0) is 54.4 Å². The average Bonchev–Trinajstić information content (AvgIpc) is 2.96. The third-order valence-corrected chi connectivity index (χ3v) is 6.90. The summed E-state index contributed by atoms with van der Waals surface area (Å²) in [7, 11) is 1.54. The lowest BCUT2D eigenvalue weighted by atomic mass is 9.72. The number of ether oxygens (including phenoxy) is 1. The summed E-state index contributed by atoms with van der Waals surface area (Å²) in [4.78, 5) is 14.1. The van der Waals surface area contributed by atoms with Crippen molar-refractivity contribution in [3.8, 4) is 11.8 Å². The fourth-order valence-corrected chi connectivity index (χ4v) is 5.19. The number of nitriles is 1. The summed E-state index contributed by atoms with van der Waals surface area (Å²) >= 11 is 4.93. The molecule has 0 fully saturated rings. The lowest BCUT2D eigenvalue weighted by molar-refractivity contribution is 0.102. The lowest BCUT2D eigenvalue weighted by Crippen LogP contribution is -2.26. The minimum Gasteiger partial charge on any atom is -0.496 e. The van der Waals surface area contributed by atoms with Gasteiger partial charge in [-0.25, -0.2) is 0 Å². The Hall–Kier alpha value is -1.84. The Morgan fingerprint density at radius 2 is 2.15 bits per heavy atom. The number of anilines is 1. The number of hydrogen-bond donors (Lipinski definition) is 1. The molecule has 0 bridgehead atoms. The number of rotatable bonds is 3. The minimum absolute atomic E-state index is 0.238. The van der Waals surface area contributed by atoms with Crippen molar-refractivity contribution in [2.24, 2.45) is 11.3 Å².